The second kappa shape index (κ2) is 6.36. The highest BCUT2D eigenvalue weighted by Gasteiger charge is 2.17. The standard InChI is InChI=1S/C18H20N2OS/c1-3-9-19-18(21)16-11-17-15(10-13(2)22-17)20(16)12-14-7-5-4-6-8-14/h4-8,10-11H,3,9,12H2,1-2H3,(H,19,21). The molecule has 0 saturated heterocycles. The van der Waals surface area contributed by atoms with E-state index < -0.39 is 0 Å². The average molecular weight is 312 g/mol. The molecule has 3 nitrogen and oxygen atoms in total. The van der Waals surface area contributed by atoms with Gasteiger partial charge in [0.1, 0.15) is 5.69 Å². The topological polar surface area (TPSA) is 34.0 Å². The first-order valence-corrected chi connectivity index (χ1v) is 8.42. The van der Waals surface area contributed by atoms with Crippen LogP contribution >= 0.6 is 11.3 Å². The fourth-order valence-electron chi connectivity index (χ4n) is 2.62. The van der Waals surface area contributed by atoms with Crippen LogP contribution in [0.25, 0.3) is 10.2 Å². The van der Waals surface area contributed by atoms with Crippen molar-refractivity contribution in [2.24, 2.45) is 0 Å². The molecule has 2 aromatic heterocycles. The van der Waals surface area contributed by atoms with E-state index in [4.69, 9.17) is 0 Å². The van der Waals surface area contributed by atoms with Crippen LogP contribution < -0.4 is 5.32 Å². The summed E-state index contributed by atoms with van der Waals surface area (Å²) in [5.74, 6) is 0.0128. The van der Waals surface area contributed by atoms with Crippen molar-refractivity contribution in [1.82, 2.24) is 9.88 Å². The summed E-state index contributed by atoms with van der Waals surface area (Å²) in [6.07, 6.45) is 0.943. The number of nitrogens with zero attached hydrogens (tertiary/aromatic N) is 1. The second-order valence-electron chi connectivity index (χ2n) is 5.46. The van der Waals surface area contributed by atoms with Gasteiger partial charge in [0, 0.05) is 18.0 Å². The molecule has 1 N–H and O–H groups in total. The van der Waals surface area contributed by atoms with Crippen molar-refractivity contribution in [2.75, 3.05) is 6.54 Å². The SMILES string of the molecule is CCCNC(=O)c1cc2sc(C)cc2n1Cc1ccccc1. The molecule has 0 aliphatic carbocycles. The van der Waals surface area contributed by atoms with Gasteiger partial charge < -0.3 is 9.88 Å². The van der Waals surface area contributed by atoms with Gasteiger partial charge >= 0.3 is 0 Å². The number of thiophene rings is 1. The Hall–Kier alpha value is -2.07. The van der Waals surface area contributed by atoms with E-state index in [1.807, 2.05) is 24.3 Å². The van der Waals surface area contributed by atoms with E-state index in [0.717, 1.165) is 24.2 Å². The van der Waals surface area contributed by atoms with Gasteiger partial charge in [0.15, 0.2) is 0 Å². The number of aromatic nitrogens is 1. The van der Waals surface area contributed by atoms with Gasteiger partial charge in [-0.25, -0.2) is 0 Å². The Kier molecular flexibility index (Phi) is 4.29. The van der Waals surface area contributed by atoms with Crippen LogP contribution in [0.4, 0.5) is 0 Å². The van der Waals surface area contributed by atoms with E-state index in [1.54, 1.807) is 11.3 Å². The molecular formula is C18H20N2OS. The molecule has 0 fully saturated rings. The first-order chi connectivity index (χ1) is 10.7. The molecule has 0 saturated carbocycles. The predicted octanol–water partition coefficient (Wildman–Crippen LogP) is 4.20. The highest BCUT2D eigenvalue weighted by atomic mass is 32.1. The van der Waals surface area contributed by atoms with Crippen LogP contribution in [0.2, 0.25) is 0 Å². The number of carbonyl (C=O) groups excluding carboxylic acids is 1. The molecule has 1 amide bonds. The van der Waals surface area contributed by atoms with Gasteiger partial charge in [-0.3, -0.25) is 4.79 Å². The van der Waals surface area contributed by atoms with Crippen molar-refractivity contribution in [3.63, 3.8) is 0 Å². The second-order valence-corrected chi connectivity index (χ2v) is 6.75. The van der Waals surface area contributed by atoms with Gasteiger partial charge in [-0.1, -0.05) is 37.3 Å². The summed E-state index contributed by atoms with van der Waals surface area (Å²) in [4.78, 5) is 13.7. The Morgan fingerprint density at radius 2 is 2.00 bits per heavy atom. The summed E-state index contributed by atoms with van der Waals surface area (Å²) >= 11 is 1.74. The Bertz CT molecular complexity index is 786. The number of nitrogens with one attached hydrogen (secondary N) is 1. The molecule has 0 unspecified atom stereocenters. The molecule has 0 spiro atoms. The Labute approximate surface area is 134 Å². The maximum absolute atomic E-state index is 12.4. The van der Waals surface area contributed by atoms with Gasteiger partial charge in [-0.15, -0.1) is 11.3 Å². The van der Waals surface area contributed by atoms with E-state index in [-0.39, 0.29) is 5.91 Å². The number of aryl methyl sites for hydroxylation is 1. The number of hydrogen-bond acceptors (Lipinski definition) is 2. The van der Waals surface area contributed by atoms with E-state index in [9.17, 15) is 4.79 Å². The molecule has 0 bridgehead atoms. The van der Waals surface area contributed by atoms with E-state index in [0.29, 0.717) is 6.54 Å². The Morgan fingerprint density at radius 3 is 2.73 bits per heavy atom. The maximum atomic E-state index is 12.4. The number of hydrogen-bond donors (Lipinski definition) is 1. The van der Waals surface area contributed by atoms with Crippen molar-refractivity contribution in [3.8, 4) is 0 Å². The van der Waals surface area contributed by atoms with Gasteiger partial charge in [-0.05, 0) is 31.0 Å². The molecule has 0 aliphatic heterocycles. The summed E-state index contributed by atoms with van der Waals surface area (Å²) in [6.45, 7) is 5.59. The summed E-state index contributed by atoms with van der Waals surface area (Å²) in [6, 6.07) is 14.5. The number of carbonyl (C=O) groups is 1. The van der Waals surface area contributed by atoms with Gasteiger partial charge in [0.25, 0.3) is 5.91 Å². The zero-order valence-electron chi connectivity index (χ0n) is 12.9. The first kappa shape index (κ1) is 14.9. The lowest BCUT2D eigenvalue weighted by atomic mass is 10.2. The van der Waals surface area contributed by atoms with Crippen LogP contribution in [0.15, 0.2) is 42.5 Å². The summed E-state index contributed by atoms with van der Waals surface area (Å²) < 4.78 is 3.30. The molecular weight excluding hydrogens is 292 g/mol. The van der Waals surface area contributed by atoms with Crippen molar-refractivity contribution in [2.45, 2.75) is 26.8 Å². The van der Waals surface area contributed by atoms with Crippen LogP contribution in [0.5, 0.6) is 0 Å². The van der Waals surface area contributed by atoms with Crippen LogP contribution in [0, 0.1) is 6.92 Å². The number of fused-ring (bicyclic) bond motifs is 1. The molecule has 0 atom stereocenters. The van der Waals surface area contributed by atoms with Crippen LogP contribution in [-0.2, 0) is 6.54 Å². The molecule has 4 heteroatoms. The normalized spacial score (nSPS) is 11.0. The van der Waals surface area contributed by atoms with Crippen LogP contribution in [0.1, 0.15) is 34.3 Å². The molecule has 3 rings (SSSR count). The minimum Gasteiger partial charge on any atom is -0.351 e. The van der Waals surface area contributed by atoms with Crippen LogP contribution in [-0.4, -0.2) is 17.0 Å². The molecule has 22 heavy (non-hydrogen) atoms. The maximum Gasteiger partial charge on any atom is 0.267 e. The smallest absolute Gasteiger partial charge is 0.267 e. The molecule has 114 valence electrons. The summed E-state index contributed by atoms with van der Waals surface area (Å²) in [7, 11) is 0. The Morgan fingerprint density at radius 1 is 1.23 bits per heavy atom. The van der Waals surface area contributed by atoms with Gasteiger partial charge in [0.05, 0.1) is 10.2 Å². The number of benzene rings is 1. The van der Waals surface area contributed by atoms with Crippen LogP contribution in [0.3, 0.4) is 0 Å². The molecule has 0 aliphatic rings. The van der Waals surface area contributed by atoms with Crippen molar-refractivity contribution in [1.29, 1.82) is 0 Å². The molecule has 2 heterocycles. The molecule has 0 radical (unpaired) electrons. The predicted molar refractivity (Wildman–Crippen MR) is 92.7 cm³/mol. The third-order valence-corrected chi connectivity index (χ3v) is 4.65. The monoisotopic (exact) mass is 312 g/mol. The largest absolute Gasteiger partial charge is 0.351 e. The molecule has 1 aromatic carbocycles. The van der Waals surface area contributed by atoms with Crippen molar-refractivity contribution in [3.05, 3.63) is 58.6 Å². The van der Waals surface area contributed by atoms with Crippen molar-refractivity contribution < 1.29 is 4.79 Å². The quantitative estimate of drug-likeness (QED) is 0.753. The zero-order valence-corrected chi connectivity index (χ0v) is 13.7. The average Bonchev–Trinajstić information content (AvgIpc) is 3.03. The number of rotatable bonds is 5. The fraction of sp³-hybridized carbons (Fsp3) is 0.278. The highest BCUT2D eigenvalue weighted by molar-refractivity contribution is 7.19. The fourth-order valence-corrected chi connectivity index (χ4v) is 3.58. The van der Waals surface area contributed by atoms with Gasteiger partial charge in [0.2, 0.25) is 0 Å². The number of amides is 1. The zero-order chi connectivity index (χ0) is 15.5. The lowest BCUT2D eigenvalue weighted by molar-refractivity contribution is 0.0945. The van der Waals surface area contributed by atoms with Crippen molar-refractivity contribution >= 4 is 27.5 Å². The lowest BCUT2D eigenvalue weighted by Gasteiger charge is -2.10. The molecule has 3 aromatic rings. The third kappa shape index (κ3) is 2.92. The summed E-state index contributed by atoms with van der Waals surface area (Å²) in [5.41, 5.74) is 3.10. The summed E-state index contributed by atoms with van der Waals surface area (Å²) in [5, 5.41) is 2.99. The highest BCUT2D eigenvalue weighted by Crippen LogP contribution is 2.29. The third-order valence-electron chi connectivity index (χ3n) is 3.66. The Balaban J connectivity index is 2.01. The lowest BCUT2D eigenvalue weighted by Crippen LogP contribution is -2.26. The van der Waals surface area contributed by atoms with Gasteiger partial charge in [-0.2, -0.15) is 0 Å². The van der Waals surface area contributed by atoms with E-state index in [1.165, 1.54) is 15.1 Å². The van der Waals surface area contributed by atoms with E-state index in [2.05, 4.69) is 41.9 Å². The first-order valence-electron chi connectivity index (χ1n) is 7.61. The minimum atomic E-state index is 0.0128. The minimum absolute atomic E-state index is 0.0128. The van der Waals surface area contributed by atoms with E-state index >= 15 is 0 Å².